The first-order chi connectivity index (χ1) is 13.0. The Morgan fingerprint density at radius 3 is 2.82 bits per heavy atom. The highest BCUT2D eigenvalue weighted by atomic mass is 35.5. The number of hydrogen-bond acceptors (Lipinski definition) is 5. The predicted octanol–water partition coefficient (Wildman–Crippen LogP) is 1.81. The maximum Gasteiger partial charge on any atom is 0.221 e. The quantitative estimate of drug-likeness (QED) is 0.702. The second kappa shape index (κ2) is 10.2. The van der Waals surface area contributed by atoms with Gasteiger partial charge in [0.25, 0.3) is 0 Å². The van der Waals surface area contributed by atoms with Crippen molar-refractivity contribution in [3.63, 3.8) is 0 Å². The highest BCUT2D eigenvalue weighted by Crippen LogP contribution is 2.25. The molecule has 0 radical (unpaired) electrons. The number of hydrogen-bond donors (Lipinski definition) is 2. The number of aromatic nitrogens is 1. The van der Waals surface area contributed by atoms with E-state index in [0.717, 1.165) is 24.6 Å². The largest absolute Gasteiger partial charge is 0.354 e. The summed E-state index contributed by atoms with van der Waals surface area (Å²) in [5, 5.41) is 3.74. The molecule has 1 unspecified atom stereocenters. The van der Waals surface area contributed by atoms with Crippen LogP contribution in [-0.4, -0.2) is 49.3 Å². The number of pyridine rings is 1. The van der Waals surface area contributed by atoms with E-state index in [9.17, 15) is 13.2 Å². The molecule has 9 heteroatoms. The van der Waals surface area contributed by atoms with E-state index in [1.807, 2.05) is 30.3 Å². The minimum absolute atomic E-state index is 0. The summed E-state index contributed by atoms with van der Waals surface area (Å²) < 4.78 is 27.8. The molecule has 1 aromatic carbocycles. The molecule has 3 rings (SSSR count). The Bertz CT molecular complexity index is 902. The number of fused-ring (bicyclic) bond motifs is 1. The lowest BCUT2D eigenvalue weighted by molar-refractivity contribution is -0.121. The van der Waals surface area contributed by atoms with Gasteiger partial charge in [-0.2, -0.15) is 4.31 Å². The van der Waals surface area contributed by atoms with Crippen LogP contribution in [0.25, 0.3) is 10.9 Å². The Labute approximate surface area is 172 Å². The molecule has 1 amide bonds. The molecule has 28 heavy (non-hydrogen) atoms. The second-order valence-electron chi connectivity index (χ2n) is 6.85. The molecular weight excluding hydrogens is 400 g/mol. The van der Waals surface area contributed by atoms with Gasteiger partial charge in [0, 0.05) is 43.7 Å². The van der Waals surface area contributed by atoms with E-state index in [-0.39, 0.29) is 43.1 Å². The normalized spacial score (nSPS) is 17.8. The standard InChI is InChI=1S/C19H26N4O3S.ClH/c20-10-9-18(24)22-13-17-8-1-2-12-23(17)27(25,26)14-16-6-3-5-15-7-4-11-21-19(15)16;/h3-7,11,17H,1-2,8-10,12-14,20H2,(H,22,24);1H. The number of nitrogens with two attached hydrogens (primary N) is 1. The van der Waals surface area contributed by atoms with Crippen LogP contribution in [0, 0.1) is 0 Å². The number of para-hydroxylation sites is 1. The minimum atomic E-state index is -3.52. The lowest BCUT2D eigenvalue weighted by atomic mass is 10.1. The highest BCUT2D eigenvalue weighted by molar-refractivity contribution is 7.88. The Kier molecular flexibility index (Phi) is 8.18. The van der Waals surface area contributed by atoms with Crippen molar-refractivity contribution in [2.75, 3.05) is 19.6 Å². The molecule has 0 bridgehead atoms. The Hall–Kier alpha value is -1.74. The highest BCUT2D eigenvalue weighted by Gasteiger charge is 2.32. The fourth-order valence-corrected chi connectivity index (χ4v) is 5.39. The van der Waals surface area contributed by atoms with Gasteiger partial charge in [-0.15, -0.1) is 12.4 Å². The summed E-state index contributed by atoms with van der Waals surface area (Å²) >= 11 is 0. The van der Waals surface area contributed by atoms with Crippen LogP contribution >= 0.6 is 12.4 Å². The van der Waals surface area contributed by atoms with Crippen LogP contribution in [0.4, 0.5) is 0 Å². The molecule has 1 fully saturated rings. The van der Waals surface area contributed by atoms with Crippen molar-refractivity contribution in [1.82, 2.24) is 14.6 Å². The van der Waals surface area contributed by atoms with E-state index >= 15 is 0 Å². The van der Waals surface area contributed by atoms with Gasteiger partial charge in [0.05, 0.1) is 11.3 Å². The first-order valence-corrected chi connectivity index (χ1v) is 10.9. The van der Waals surface area contributed by atoms with Crippen LogP contribution < -0.4 is 11.1 Å². The molecule has 1 atom stereocenters. The monoisotopic (exact) mass is 426 g/mol. The number of sulfonamides is 1. The molecule has 7 nitrogen and oxygen atoms in total. The number of carbonyl (C=O) groups is 1. The van der Waals surface area contributed by atoms with E-state index in [4.69, 9.17) is 5.73 Å². The first kappa shape index (κ1) is 22.5. The number of benzene rings is 1. The van der Waals surface area contributed by atoms with Crippen LogP contribution in [0.2, 0.25) is 0 Å². The summed E-state index contributed by atoms with van der Waals surface area (Å²) in [7, 11) is -3.52. The van der Waals surface area contributed by atoms with Gasteiger partial charge in [0.15, 0.2) is 0 Å². The van der Waals surface area contributed by atoms with Crippen LogP contribution in [0.5, 0.6) is 0 Å². The summed E-state index contributed by atoms with van der Waals surface area (Å²) in [6.45, 7) is 1.09. The topological polar surface area (TPSA) is 105 Å². The molecule has 1 aliphatic heterocycles. The van der Waals surface area contributed by atoms with E-state index in [1.165, 1.54) is 0 Å². The van der Waals surface area contributed by atoms with Crippen molar-refractivity contribution in [2.45, 2.75) is 37.5 Å². The number of halogens is 1. The van der Waals surface area contributed by atoms with Gasteiger partial charge < -0.3 is 11.1 Å². The maximum absolute atomic E-state index is 13.1. The number of nitrogens with zero attached hydrogens (tertiary/aromatic N) is 2. The zero-order chi connectivity index (χ0) is 19.3. The van der Waals surface area contributed by atoms with Crippen molar-refractivity contribution >= 4 is 39.2 Å². The van der Waals surface area contributed by atoms with Gasteiger partial charge >= 0.3 is 0 Å². The van der Waals surface area contributed by atoms with Crippen LogP contribution in [0.3, 0.4) is 0 Å². The molecule has 1 saturated heterocycles. The molecule has 1 aromatic heterocycles. The smallest absolute Gasteiger partial charge is 0.221 e. The average Bonchev–Trinajstić information content (AvgIpc) is 2.67. The third-order valence-electron chi connectivity index (χ3n) is 4.89. The average molecular weight is 427 g/mol. The number of rotatable bonds is 7. The van der Waals surface area contributed by atoms with E-state index in [1.54, 1.807) is 10.5 Å². The predicted molar refractivity (Wildman–Crippen MR) is 113 cm³/mol. The Morgan fingerprint density at radius 1 is 1.25 bits per heavy atom. The lowest BCUT2D eigenvalue weighted by Gasteiger charge is -2.34. The zero-order valence-electron chi connectivity index (χ0n) is 15.7. The number of amides is 1. The molecule has 0 aliphatic carbocycles. The molecule has 2 aromatic rings. The molecule has 2 heterocycles. The summed E-state index contributed by atoms with van der Waals surface area (Å²) in [4.78, 5) is 16.1. The Balaban J connectivity index is 0.00000280. The van der Waals surface area contributed by atoms with Gasteiger partial charge in [0.1, 0.15) is 0 Å². The third kappa shape index (κ3) is 5.41. The molecule has 0 spiro atoms. The van der Waals surface area contributed by atoms with E-state index in [2.05, 4.69) is 10.3 Å². The molecular formula is C19H27ClN4O3S. The van der Waals surface area contributed by atoms with Gasteiger partial charge in [-0.25, -0.2) is 8.42 Å². The first-order valence-electron chi connectivity index (χ1n) is 9.30. The molecule has 1 aliphatic rings. The van der Waals surface area contributed by atoms with Gasteiger partial charge in [-0.1, -0.05) is 30.7 Å². The Morgan fingerprint density at radius 2 is 2.04 bits per heavy atom. The van der Waals surface area contributed by atoms with Crippen molar-refractivity contribution in [1.29, 1.82) is 0 Å². The molecule has 154 valence electrons. The van der Waals surface area contributed by atoms with Gasteiger partial charge in [-0.3, -0.25) is 9.78 Å². The van der Waals surface area contributed by atoms with Crippen molar-refractivity contribution in [2.24, 2.45) is 5.73 Å². The second-order valence-corrected chi connectivity index (χ2v) is 8.77. The lowest BCUT2D eigenvalue weighted by Crippen LogP contribution is -2.49. The van der Waals surface area contributed by atoms with Crippen LogP contribution in [-0.2, 0) is 20.6 Å². The van der Waals surface area contributed by atoms with Crippen molar-refractivity contribution in [3.05, 3.63) is 42.1 Å². The number of piperidine rings is 1. The van der Waals surface area contributed by atoms with Crippen molar-refractivity contribution < 1.29 is 13.2 Å². The summed E-state index contributed by atoms with van der Waals surface area (Å²) in [6, 6.07) is 9.15. The van der Waals surface area contributed by atoms with Gasteiger partial charge in [0.2, 0.25) is 15.9 Å². The van der Waals surface area contributed by atoms with Crippen LogP contribution in [0.1, 0.15) is 31.2 Å². The van der Waals surface area contributed by atoms with E-state index in [0.29, 0.717) is 24.2 Å². The minimum Gasteiger partial charge on any atom is -0.354 e. The van der Waals surface area contributed by atoms with Gasteiger partial charge in [-0.05, 0) is 24.5 Å². The summed E-state index contributed by atoms with van der Waals surface area (Å²) in [5.74, 6) is -0.229. The fraction of sp³-hybridized carbons (Fsp3) is 0.474. The maximum atomic E-state index is 13.1. The molecule has 3 N–H and O–H groups in total. The number of carbonyl (C=O) groups excluding carboxylic acids is 1. The summed E-state index contributed by atoms with van der Waals surface area (Å²) in [5.41, 5.74) is 6.81. The third-order valence-corrected chi connectivity index (χ3v) is 6.76. The van der Waals surface area contributed by atoms with Crippen LogP contribution in [0.15, 0.2) is 36.5 Å². The summed E-state index contributed by atoms with van der Waals surface area (Å²) in [6.07, 6.45) is 4.46. The van der Waals surface area contributed by atoms with Crippen molar-refractivity contribution in [3.8, 4) is 0 Å². The SMILES string of the molecule is Cl.NCCC(=O)NCC1CCCCN1S(=O)(=O)Cc1cccc2cccnc12. The number of nitrogens with one attached hydrogen (secondary N) is 1. The zero-order valence-corrected chi connectivity index (χ0v) is 17.3. The fourth-order valence-electron chi connectivity index (χ4n) is 3.56. The van der Waals surface area contributed by atoms with E-state index < -0.39 is 10.0 Å². The molecule has 0 saturated carbocycles.